The van der Waals surface area contributed by atoms with Gasteiger partial charge in [0.05, 0.1) is 0 Å². The van der Waals surface area contributed by atoms with Crippen molar-refractivity contribution in [2.75, 3.05) is 13.1 Å². The average Bonchev–Trinajstić information content (AvgIpc) is 2.76. The van der Waals surface area contributed by atoms with E-state index in [4.69, 9.17) is 0 Å². The summed E-state index contributed by atoms with van der Waals surface area (Å²) in [5.41, 5.74) is 1.03. The Labute approximate surface area is 144 Å². The average molecular weight is 332 g/mol. The van der Waals surface area contributed by atoms with Crippen LogP contribution in [0.15, 0.2) is 24.3 Å². The van der Waals surface area contributed by atoms with Crippen molar-refractivity contribution in [2.45, 2.75) is 70.5 Å². The molecule has 2 atom stereocenters. The standard InChI is InChI=1S/C20H29FN2O/c1-3-16(2)22-13-4-10-20(12-14-22)11-9-19(24)23(20)15-17-5-7-18(21)8-6-17/h5-8,16H,3-4,9-15H2,1-2H3/t16-,20+/m1/s1. The Kier molecular flexibility index (Phi) is 5.24. The number of amides is 1. The SMILES string of the molecule is CC[C@@H](C)N1CCC[C@]2(CCC(=O)N2Cc2ccc(F)cc2)CC1. The Bertz CT molecular complexity index is 574. The summed E-state index contributed by atoms with van der Waals surface area (Å²) in [6.45, 7) is 7.36. The normalized spacial score (nSPS) is 26.8. The second kappa shape index (κ2) is 7.22. The molecule has 1 spiro atoms. The number of nitrogens with zero attached hydrogens (tertiary/aromatic N) is 2. The summed E-state index contributed by atoms with van der Waals surface area (Å²) in [4.78, 5) is 17.2. The molecule has 0 saturated carbocycles. The molecular weight excluding hydrogens is 303 g/mol. The molecule has 2 aliphatic rings. The molecule has 1 aromatic rings. The molecule has 24 heavy (non-hydrogen) atoms. The van der Waals surface area contributed by atoms with Crippen LogP contribution in [0.5, 0.6) is 0 Å². The molecule has 2 fully saturated rings. The summed E-state index contributed by atoms with van der Waals surface area (Å²) in [7, 11) is 0. The van der Waals surface area contributed by atoms with Crippen LogP contribution in [-0.2, 0) is 11.3 Å². The van der Waals surface area contributed by atoms with Crippen LogP contribution >= 0.6 is 0 Å². The number of rotatable bonds is 4. The summed E-state index contributed by atoms with van der Waals surface area (Å²) in [5.74, 6) is 0.0381. The molecule has 2 aliphatic heterocycles. The highest BCUT2D eigenvalue weighted by molar-refractivity contribution is 5.79. The van der Waals surface area contributed by atoms with E-state index in [9.17, 15) is 9.18 Å². The van der Waals surface area contributed by atoms with Crippen molar-refractivity contribution in [3.63, 3.8) is 0 Å². The van der Waals surface area contributed by atoms with Gasteiger partial charge in [0.15, 0.2) is 0 Å². The van der Waals surface area contributed by atoms with E-state index in [1.165, 1.54) is 18.6 Å². The Morgan fingerprint density at radius 1 is 1.17 bits per heavy atom. The largest absolute Gasteiger partial charge is 0.333 e. The van der Waals surface area contributed by atoms with E-state index in [2.05, 4.69) is 23.6 Å². The first-order valence-electron chi connectivity index (χ1n) is 9.33. The van der Waals surface area contributed by atoms with Crippen molar-refractivity contribution in [3.8, 4) is 0 Å². The summed E-state index contributed by atoms with van der Waals surface area (Å²) in [5, 5.41) is 0. The van der Waals surface area contributed by atoms with Crippen molar-refractivity contribution in [2.24, 2.45) is 0 Å². The second-order valence-electron chi connectivity index (χ2n) is 7.48. The third kappa shape index (κ3) is 3.49. The Morgan fingerprint density at radius 3 is 2.62 bits per heavy atom. The molecule has 0 aromatic heterocycles. The molecular formula is C20H29FN2O. The number of benzene rings is 1. The van der Waals surface area contributed by atoms with Crippen molar-refractivity contribution in [3.05, 3.63) is 35.6 Å². The number of carbonyl (C=O) groups excluding carboxylic acids is 1. The smallest absolute Gasteiger partial charge is 0.223 e. The topological polar surface area (TPSA) is 23.6 Å². The lowest BCUT2D eigenvalue weighted by Gasteiger charge is -2.38. The van der Waals surface area contributed by atoms with Crippen LogP contribution < -0.4 is 0 Å². The first-order valence-corrected chi connectivity index (χ1v) is 9.33. The van der Waals surface area contributed by atoms with Gasteiger partial charge in [-0.25, -0.2) is 4.39 Å². The fourth-order valence-electron chi connectivity index (χ4n) is 4.32. The minimum absolute atomic E-state index is 0.00762. The van der Waals surface area contributed by atoms with E-state index in [1.54, 1.807) is 12.1 Å². The lowest BCUT2D eigenvalue weighted by Crippen LogP contribution is -2.46. The molecule has 2 saturated heterocycles. The molecule has 0 radical (unpaired) electrons. The number of carbonyl (C=O) groups is 1. The van der Waals surface area contributed by atoms with Gasteiger partial charge in [0, 0.05) is 31.1 Å². The van der Waals surface area contributed by atoms with E-state index in [0.29, 0.717) is 19.0 Å². The molecule has 0 bridgehead atoms. The van der Waals surface area contributed by atoms with Gasteiger partial charge >= 0.3 is 0 Å². The van der Waals surface area contributed by atoms with Gasteiger partial charge in [-0.3, -0.25) is 4.79 Å². The van der Waals surface area contributed by atoms with Crippen molar-refractivity contribution >= 4 is 5.91 Å². The second-order valence-corrected chi connectivity index (χ2v) is 7.48. The third-order valence-electron chi connectivity index (χ3n) is 6.10. The van der Waals surface area contributed by atoms with Crippen LogP contribution in [0.3, 0.4) is 0 Å². The maximum atomic E-state index is 13.1. The van der Waals surface area contributed by atoms with Crippen LogP contribution in [0.2, 0.25) is 0 Å². The van der Waals surface area contributed by atoms with Gasteiger partial charge in [0.1, 0.15) is 5.82 Å². The van der Waals surface area contributed by atoms with Gasteiger partial charge in [0.25, 0.3) is 0 Å². The fourth-order valence-corrected chi connectivity index (χ4v) is 4.32. The van der Waals surface area contributed by atoms with E-state index >= 15 is 0 Å². The zero-order chi connectivity index (χ0) is 17.2. The van der Waals surface area contributed by atoms with Gasteiger partial charge in [-0.1, -0.05) is 19.1 Å². The lowest BCUT2D eigenvalue weighted by molar-refractivity contribution is -0.132. The summed E-state index contributed by atoms with van der Waals surface area (Å²) in [6, 6.07) is 7.19. The Hall–Kier alpha value is -1.42. The maximum Gasteiger partial charge on any atom is 0.223 e. The van der Waals surface area contributed by atoms with E-state index < -0.39 is 0 Å². The zero-order valence-corrected chi connectivity index (χ0v) is 14.9. The highest BCUT2D eigenvalue weighted by Gasteiger charge is 2.45. The predicted molar refractivity (Wildman–Crippen MR) is 94.1 cm³/mol. The monoisotopic (exact) mass is 332 g/mol. The van der Waals surface area contributed by atoms with Crippen LogP contribution in [0.25, 0.3) is 0 Å². The van der Waals surface area contributed by atoms with Crippen LogP contribution in [0.1, 0.15) is 57.9 Å². The molecule has 3 nitrogen and oxygen atoms in total. The van der Waals surface area contributed by atoms with Crippen molar-refractivity contribution in [1.82, 2.24) is 9.80 Å². The Balaban J connectivity index is 1.75. The lowest BCUT2D eigenvalue weighted by atomic mass is 9.87. The molecule has 2 heterocycles. The molecule has 132 valence electrons. The van der Waals surface area contributed by atoms with E-state index in [0.717, 1.165) is 44.3 Å². The number of hydrogen-bond acceptors (Lipinski definition) is 2. The molecule has 0 N–H and O–H groups in total. The summed E-state index contributed by atoms with van der Waals surface area (Å²) in [6.07, 6.45) is 6.10. The molecule has 0 unspecified atom stereocenters. The molecule has 4 heteroatoms. The van der Waals surface area contributed by atoms with E-state index in [-0.39, 0.29) is 17.3 Å². The Morgan fingerprint density at radius 2 is 1.92 bits per heavy atom. The summed E-state index contributed by atoms with van der Waals surface area (Å²) < 4.78 is 13.1. The number of hydrogen-bond donors (Lipinski definition) is 0. The maximum absolute atomic E-state index is 13.1. The van der Waals surface area contributed by atoms with E-state index in [1.807, 2.05) is 0 Å². The molecule has 1 aromatic carbocycles. The minimum Gasteiger partial charge on any atom is -0.333 e. The highest BCUT2D eigenvalue weighted by Crippen LogP contribution is 2.40. The minimum atomic E-state index is -0.222. The molecule has 0 aliphatic carbocycles. The van der Waals surface area contributed by atoms with Gasteiger partial charge in [-0.05, 0) is 63.3 Å². The summed E-state index contributed by atoms with van der Waals surface area (Å²) >= 11 is 0. The van der Waals surface area contributed by atoms with Crippen molar-refractivity contribution < 1.29 is 9.18 Å². The zero-order valence-electron chi connectivity index (χ0n) is 14.9. The number of halogens is 1. The quantitative estimate of drug-likeness (QED) is 0.833. The van der Waals surface area contributed by atoms with Gasteiger partial charge in [0.2, 0.25) is 5.91 Å². The fraction of sp³-hybridized carbons (Fsp3) is 0.650. The first kappa shape index (κ1) is 17.4. The number of likely N-dealkylation sites (tertiary alicyclic amines) is 2. The van der Waals surface area contributed by atoms with Crippen molar-refractivity contribution in [1.29, 1.82) is 0 Å². The van der Waals surface area contributed by atoms with Gasteiger partial charge in [-0.15, -0.1) is 0 Å². The van der Waals surface area contributed by atoms with Crippen LogP contribution in [0.4, 0.5) is 4.39 Å². The first-order chi connectivity index (χ1) is 11.5. The molecule has 1 amide bonds. The van der Waals surface area contributed by atoms with Gasteiger partial charge < -0.3 is 9.80 Å². The highest BCUT2D eigenvalue weighted by atomic mass is 19.1. The predicted octanol–water partition coefficient (Wildman–Crippen LogP) is 3.97. The third-order valence-corrected chi connectivity index (χ3v) is 6.10. The van der Waals surface area contributed by atoms with Gasteiger partial charge in [-0.2, -0.15) is 0 Å². The van der Waals surface area contributed by atoms with Crippen LogP contribution in [0, 0.1) is 5.82 Å². The van der Waals surface area contributed by atoms with Crippen LogP contribution in [-0.4, -0.2) is 40.4 Å². The molecule has 3 rings (SSSR count).